The van der Waals surface area contributed by atoms with Crippen LogP contribution in [0.25, 0.3) is 0 Å². The number of allylic oxidation sites excluding steroid dienone is 3. The SMILES string of the molecule is CC=CC(Oc1cc(F)cc(F)c1)=C(C)C(C)F. The molecule has 1 rings (SSSR count). The number of benzene rings is 1. The second-order valence-corrected chi connectivity index (χ2v) is 3.87. The molecule has 1 aromatic carbocycles. The summed E-state index contributed by atoms with van der Waals surface area (Å²) in [5.74, 6) is -1.23. The Labute approximate surface area is 105 Å². The molecule has 4 heteroatoms. The van der Waals surface area contributed by atoms with Crippen LogP contribution in [-0.4, -0.2) is 6.17 Å². The van der Waals surface area contributed by atoms with Crippen LogP contribution in [0.2, 0.25) is 0 Å². The summed E-state index contributed by atoms with van der Waals surface area (Å²) in [7, 11) is 0. The molecular weight excluding hydrogens is 241 g/mol. The van der Waals surface area contributed by atoms with Crippen molar-refractivity contribution in [3.63, 3.8) is 0 Å². The van der Waals surface area contributed by atoms with E-state index in [1.807, 2.05) is 0 Å². The van der Waals surface area contributed by atoms with Crippen molar-refractivity contribution in [2.75, 3.05) is 0 Å². The van der Waals surface area contributed by atoms with Crippen molar-refractivity contribution in [2.45, 2.75) is 26.9 Å². The van der Waals surface area contributed by atoms with Gasteiger partial charge in [-0.3, -0.25) is 0 Å². The quantitative estimate of drug-likeness (QED) is 0.567. The van der Waals surface area contributed by atoms with Crippen molar-refractivity contribution >= 4 is 0 Å². The van der Waals surface area contributed by atoms with Crippen LogP contribution >= 0.6 is 0 Å². The number of ether oxygens (including phenoxy) is 1. The van der Waals surface area contributed by atoms with Crippen LogP contribution in [-0.2, 0) is 0 Å². The maximum atomic E-state index is 13.2. The highest BCUT2D eigenvalue weighted by Gasteiger charge is 2.10. The van der Waals surface area contributed by atoms with Crippen LogP contribution in [0.4, 0.5) is 13.2 Å². The van der Waals surface area contributed by atoms with Gasteiger partial charge >= 0.3 is 0 Å². The molecule has 0 fully saturated rings. The first-order valence-electron chi connectivity index (χ1n) is 5.55. The van der Waals surface area contributed by atoms with E-state index in [2.05, 4.69) is 0 Å². The van der Waals surface area contributed by atoms with Gasteiger partial charge in [-0.2, -0.15) is 0 Å². The van der Waals surface area contributed by atoms with E-state index in [0.717, 1.165) is 18.2 Å². The third-order valence-electron chi connectivity index (χ3n) is 2.37. The Morgan fingerprint density at radius 3 is 2.22 bits per heavy atom. The maximum absolute atomic E-state index is 13.2. The summed E-state index contributed by atoms with van der Waals surface area (Å²) in [5.41, 5.74) is 0.359. The lowest BCUT2D eigenvalue weighted by molar-refractivity contribution is 0.375. The van der Waals surface area contributed by atoms with Crippen LogP contribution in [0.15, 0.2) is 41.7 Å². The zero-order chi connectivity index (χ0) is 13.7. The molecule has 0 amide bonds. The van der Waals surface area contributed by atoms with E-state index in [1.54, 1.807) is 26.0 Å². The molecule has 0 aliphatic rings. The topological polar surface area (TPSA) is 9.23 Å². The average molecular weight is 256 g/mol. The van der Waals surface area contributed by atoms with Crippen molar-refractivity contribution in [1.29, 1.82) is 0 Å². The fourth-order valence-corrected chi connectivity index (χ4v) is 1.31. The molecule has 0 N–H and O–H groups in total. The molecule has 0 saturated heterocycles. The van der Waals surface area contributed by atoms with E-state index in [0.29, 0.717) is 5.57 Å². The summed E-state index contributed by atoms with van der Waals surface area (Å²) in [6, 6.07) is 2.84. The lowest BCUT2D eigenvalue weighted by atomic mass is 10.1. The number of hydrogen-bond acceptors (Lipinski definition) is 1. The first-order chi connectivity index (χ1) is 8.43. The molecule has 1 unspecified atom stereocenters. The molecule has 1 atom stereocenters. The molecule has 1 nitrogen and oxygen atoms in total. The highest BCUT2D eigenvalue weighted by atomic mass is 19.1. The van der Waals surface area contributed by atoms with Crippen LogP contribution in [0.1, 0.15) is 20.8 Å². The van der Waals surface area contributed by atoms with Crippen LogP contribution < -0.4 is 4.74 Å². The number of halogens is 3. The average Bonchev–Trinajstić information content (AvgIpc) is 2.26. The molecule has 18 heavy (non-hydrogen) atoms. The third kappa shape index (κ3) is 3.95. The van der Waals surface area contributed by atoms with Gasteiger partial charge in [0.05, 0.1) is 0 Å². The molecule has 0 heterocycles. The predicted molar refractivity (Wildman–Crippen MR) is 65.1 cm³/mol. The minimum Gasteiger partial charge on any atom is -0.457 e. The standard InChI is InChI=1S/C14H15F3O/c1-4-5-14(9(2)10(3)15)18-13-7-11(16)6-12(17)8-13/h4-8,10H,1-3H3. The number of hydrogen-bond donors (Lipinski definition) is 0. The van der Waals surface area contributed by atoms with Gasteiger partial charge in [-0.05, 0) is 26.8 Å². The minimum atomic E-state index is -1.20. The second-order valence-electron chi connectivity index (χ2n) is 3.87. The lowest BCUT2D eigenvalue weighted by Gasteiger charge is -2.12. The summed E-state index contributed by atoms with van der Waals surface area (Å²) in [6.45, 7) is 4.68. The molecule has 0 bridgehead atoms. The summed E-state index contributed by atoms with van der Waals surface area (Å²) in [4.78, 5) is 0. The fraction of sp³-hybridized carbons (Fsp3) is 0.286. The van der Waals surface area contributed by atoms with Gasteiger partial charge in [0.1, 0.15) is 29.3 Å². The van der Waals surface area contributed by atoms with Gasteiger partial charge in [0.15, 0.2) is 0 Å². The molecule has 0 spiro atoms. The Bertz CT molecular complexity index is 456. The Kier molecular flexibility index (Phi) is 5.01. The molecule has 98 valence electrons. The van der Waals surface area contributed by atoms with Gasteiger partial charge in [0.25, 0.3) is 0 Å². The Balaban J connectivity index is 3.08. The highest BCUT2D eigenvalue weighted by molar-refractivity contribution is 5.30. The predicted octanol–water partition coefficient (Wildman–Crippen LogP) is 4.55. The second kappa shape index (κ2) is 6.28. The summed E-state index contributed by atoms with van der Waals surface area (Å²) in [5, 5.41) is 0. The van der Waals surface area contributed by atoms with E-state index in [1.165, 1.54) is 6.92 Å². The first-order valence-corrected chi connectivity index (χ1v) is 5.55. The van der Waals surface area contributed by atoms with E-state index in [-0.39, 0.29) is 11.5 Å². The summed E-state index contributed by atoms with van der Waals surface area (Å²) in [6.07, 6.45) is 2.01. The number of alkyl halides is 1. The number of rotatable bonds is 4. The maximum Gasteiger partial charge on any atom is 0.133 e. The lowest BCUT2D eigenvalue weighted by Crippen LogP contribution is -2.04. The van der Waals surface area contributed by atoms with E-state index in [4.69, 9.17) is 4.74 Å². The highest BCUT2D eigenvalue weighted by Crippen LogP contribution is 2.21. The monoisotopic (exact) mass is 256 g/mol. The van der Waals surface area contributed by atoms with Gasteiger partial charge in [-0.25, -0.2) is 13.2 Å². The van der Waals surface area contributed by atoms with E-state index in [9.17, 15) is 13.2 Å². The zero-order valence-corrected chi connectivity index (χ0v) is 10.5. The van der Waals surface area contributed by atoms with Crippen molar-refractivity contribution < 1.29 is 17.9 Å². The van der Waals surface area contributed by atoms with Gasteiger partial charge in [0, 0.05) is 23.8 Å². The Hall–Kier alpha value is -1.71. The first kappa shape index (κ1) is 14.4. The van der Waals surface area contributed by atoms with E-state index >= 15 is 0 Å². The molecule has 0 aliphatic heterocycles. The van der Waals surface area contributed by atoms with Crippen LogP contribution in [0.3, 0.4) is 0 Å². The summed E-state index contributed by atoms with van der Waals surface area (Å²) >= 11 is 0. The largest absolute Gasteiger partial charge is 0.457 e. The van der Waals surface area contributed by atoms with Gasteiger partial charge in [0.2, 0.25) is 0 Å². The van der Waals surface area contributed by atoms with Crippen molar-refractivity contribution in [3.8, 4) is 5.75 Å². The van der Waals surface area contributed by atoms with Gasteiger partial charge in [-0.15, -0.1) is 0 Å². The Morgan fingerprint density at radius 1 is 1.22 bits per heavy atom. The molecule has 0 radical (unpaired) electrons. The normalized spacial score (nSPS) is 14.6. The third-order valence-corrected chi connectivity index (χ3v) is 2.37. The molecular formula is C14H15F3O. The van der Waals surface area contributed by atoms with Crippen molar-refractivity contribution in [3.05, 3.63) is 53.3 Å². The van der Waals surface area contributed by atoms with Gasteiger partial charge < -0.3 is 4.74 Å². The molecule has 0 saturated carbocycles. The Morgan fingerprint density at radius 2 is 1.78 bits per heavy atom. The molecule has 0 aromatic heterocycles. The van der Waals surface area contributed by atoms with Crippen LogP contribution in [0.5, 0.6) is 5.75 Å². The smallest absolute Gasteiger partial charge is 0.133 e. The van der Waals surface area contributed by atoms with Crippen LogP contribution in [0, 0.1) is 11.6 Å². The summed E-state index contributed by atoms with van der Waals surface area (Å²) < 4.78 is 44.5. The molecule has 1 aromatic rings. The zero-order valence-electron chi connectivity index (χ0n) is 10.5. The van der Waals surface area contributed by atoms with E-state index < -0.39 is 17.8 Å². The van der Waals surface area contributed by atoms with Crippen molar-refractivity contribution in [1.82, 2.24) is 0 Å². The molecule has 0 aliphatic carbocycles. The van der Waals surface area contributed by atoms with Gasteiger partial charge in [-0.1, -0.05) is 6.08 Å². The van der Waals surface area contributed by atoms with Crippen molar-refractivity contribution in [2.24, 2.45) is 0 Å². The minimum absolute atomic E-state index is 0.000556. The fourth-order valence-electron chi connectivity index (χ4n) is 1.31.